The summed E-state index contributed by atoms with van der Waals surface area (Å²) >= 11 is 8.19. The Morgan fingerprint density at radius 2 is 0.909 bits per heavy atom. The van der Waals surface area contributed by atoms with Crippen molar-refractivity contribution in [1.82, 2.24) is 58.1 Å². The van der Waals surface area contributed by atoms with Gasteiger partial charge in [-0.2, -0.15) is 0 Å². The number of fused-ring (bicyclic) bond motifs is 9. The van der Waals surface area contributed by atoms with Crippen molar-refractivity contribution >= 4 is 151 Å². The number of unbranched alkanes of at least 4 members (excludes halogenated alkanes) is 2. The Bertz CT molecular complexity index is 5210. The molecule has 1 saturated heterocycles. The van der Waals surface area contributed by atoms with Gasteiger partial charge in [0.05, 0.1) is 53.2 Å². The highest BCUT2D eigenvalue weighted by Crippen LogP contribution is 2.38. The van der Waals surface area contributed by atoms with Gasteiger partial charge in [-0.05, 0) is 195 Å². The summed E-state index contributed by atoms with van der Waals surface area (Å²) in [6.45, 7) is 31.3. The Morgan fingerprint density at radius 1 is 0.509 bits per heavy atom. The molecule has 0 radical (unpaired) electrons. The fourth-order valence-corrected chi connectivity index (χ4v) is 16.3. The zero-order valence-corrected chi connectivity index (χ0v) is 68.2. The smallest absolute Gasteiger partial charge is 0.399 e. The maximum atomic E-state index is 12.7. The number of rotatable bonds is 30. The minimum Gasteiger partial charge on any atom is -0.399 e. The summed E-state index contributed by atoms with van der Waals surface area (Å²) in [5.74, 6) is 1.29. The molecular weight excluding hydrogens is 1510 g/mol. The minimum atomic E-state index is -0.360. The summed E-state index contributed by atoms with van der Waals surface area (Å²) in [5.41, 5.74) is 12.0. The number of Topliss-reactive ketones (excluding diaryl/α,β-unsaturated/α-hetero) is 2. The van der Waals surface area contributed by atoms with Gasteiger partial charge >= 0.3 is 7.12 Å². The SMILES string of the molecule is CC1(C)OB(c2ccc(C=O)cc2)OC1(C)C.CCN(CC)CCCCC(=O)c1ccc2c(c1)sc1nc(-c3ccc(-c4ncc[nH]4)cc3)cn12.CCN(CC)CCCCC(=O)c1ccc2c(c1)sc1nc(-c3ccc(C=O)cc3)cn12.CCN(CC)CCCNC(=O)c1ccc2c(c1)sc1nc(Br)cn12.O=CC=O. The number of ketones is 2. The van der Waals surface area contributed by atoms with E-state index in [2.05, 4.69) is 132 Å². The number of hydrogen-bond acceptors (Lipinski definition) is 19. The second-order valence-electron chi connectivity index (χ2n) is 27.5. The van der Waals surface area contributed by atoms with Crippen LogP contribution in [0.5, 0.6) is 0 Å². The van der Waals surface area contributed by atoms with Crippen LogP contribution in [-0.4, -0.2) is 179 Å². The van der Waals surface area contributed by atoms with Crippen molar-refractivity contribution in [2.24, 2.45) is 0 Å². The molecule has 0 unspecified atom stereocenters. The molecule has 0 bridgehead atoms. The largest absolute Gasteiger partial charge is 0.494 e. The fourth-order valence-electron chi connectivity index (χ4n) is 12.7. The van der Waals surface area contributed by atoms with Gasteiger partial charge in [0.2, 0.25) is 0 Å². The van der Waals surface area contributed by atoms with Crippen molar-refractivity contribution in [2.45, 2.75) is 125 Å². The summed E-state index contributed by atoms with van der Waals surface area (Å²) in [6.07, 6.45) is 17.8. The number of aromatic nitrogens is 8. The third kappa shape index (κ3) is 21.0. The molecule has 7 aromatic heterocycles. The van der Waals surface area contributed by atoms with Crippen LogP contribution < -0.4 is 10.8 Å². The number of thiazole rings is 3. The van der Waals surface area contributed by atoms with Gasteiger partial charge in [-0.3, -0.25) is 46.8 Å². The van der Waals surface area contributed by atoms with E-state index in [1.807, 2.05) is 130 Å². The van der Waals surface area contributed by atoms with Crippen LogP contribution in [0.2, 0.25) is 0 Å². The first-order chi connectivity index (χ1) is 53.2. The number of carbonyl (C=O) groups is 7. The molecule has 2 N–H and O–H groups in total. The van der Waals surface area contributed by atoms with Gasteiger partial charge in [-0.25, -0.2) is 19.9 Å². The first kappa shape index (κ1) is 83.1. The van der Waals surface area contributed by atoms with Crippen LogP contribution >= 0.6 is 49.9 Å². The topological polar surface area (TPSA) is 240 Å². The normalized spacial score (nSPS) is 12.9. The van der Waals surface area contributed by atoms with E-state index >= 15 is 0 Å². The van der Waals surface area contributed by atoms with Gasteiger partial charge in [0.1, 0.15) is 23.0 Å². The van der Waals surface area contributed by atoms with Crippen LogP contribution in [0.25, 0.3) is 79.4 Å². The van der Waals surface area contributed by atoms with Crippen molar-refractivity contribution in [2.75, 3.05) is 65.4 Å². The fraction of sp³-hybridized carbons (Fsp3) is 0.345. The number of aldehydes is 4. The van der Waals surface area contributed by atoms with E-state index in [0.29, 0.717) is 36.1 Å². The Hall–Kier alpha value is -9.35. The molecule has 110 heavy (non-hydrogen) atoms. The summed E-state index contributed by atoms with van der Waals surface area (Å²) in [6, 6.07) is 40.7. The average Bonchev–Trinajstić information content (AvgIpc) is 1.64. The number of H-pyrrole nitrogens is 1. The van der Waals surface area contributed by atoms with Gasteiger partial charge in [0.15, 0.2) is 39.0 Å². The highest BCUT2D eigenvalue weighted by molar-refractivity contribution is 9.10. The number of benzene rings is 6. The first-order valence-corrected chi connectivity index (χ1v) is 40.8. The molecule has 0 atom stereocenters. The van der Waals surface area contributed by atoms with Crippen molar-refractivity contribution in [3.8, 4) is 33.9 Å². The van der Waals surface area contributed by atoms with Crippen LogP contribution in [0.4, 0.5) is 0 Å². The summed E-state index contributed by atoms with van der Waals surface area (Å²) in [5, 5.41) is 3.01. The lowest BCUT2D eigenvalue weighted by Gasteiger charge is -2.32. The van der Waals surface area contributed by atoms with E-state index in [9.17, 15) is 24.0 Å². The van der Waals surface area contributed by atoms with Crippen molar-refractivity contribution in [1.29, 1.82) is 0 Å². The van der Waals surface area contributed by atoms with Gasteiger partial charge in [-0.15, -0.1) is 0 Å². The highest BCUT2D eigenvalue weighted by atomic mass is 79.9. The van der Waals surface area contributed by atoms with Crippen LogP contribution in [-0.2, 0) is 18.9 Å². The maximum Gasteiger partial charge on any atom is 0.494 e. The molecule has 1 aliphatic heterocycles. The van der Waals surface area contributed by atoms with Gasteiger partial charge in [0.25, 0.3) is 5.91 Å². The molecule has 0 saturated carbocycles. The zero-order chi connectivity index (χ0) is 78.5. The third-order valence-electron chi connectivity index (χ3n) is 20.0. The maximum absolute atomic E-state index is 12.7. The van der Waals surface area contributed by atoms with E-state index in [1.54, 1.807) is 64.5 Å². The molecule has 1 aliphatic rings. The lowest BCUT2D eigenvalue weighted by molar-refractivity contribution is -0.122. The predicted octanol–water partition coefficient (Wildman–Crippen LogP) is 17.0. The Labute approximate surface area is 662 Å². The average molecular weight is 1600 g/mol. The molecule has 26 heteroatoms. The van der Waals surface area contributed by atoms with Crippen LogP contribution in [0.3, 0.4) is 0 Å². The molecule has 13 aromatic rings. The lowest BCUT2D eigenvalue weighted by atomic mass is 9.79. The Balaban J connectivity index is 0.000000157. The molecule has 574 valence electrons. The summed E-state index contributed by atoms with van der Waals surface area (Å²) in [4.78, 5) is 108. The second kappa shape index (κ2) is 39.5. The number of aromatic amines is 1. The molecule has 1 amide bonds. The first-order valence-electron chi connectivity index (χ1n) is 37.6. The van der Waals surface area contributed by atoms with Crippen LogP contribution in [0.1, 0.15) is 166 Å². The van der Waals surface area contributed by atoms with Gasteiger partial charge in [-0.1, -0.05) is 148 Å². The molecule has 0 aliphatic carbocycles. The number of carbonyl (C=O) groups excluding carboxylic acids is 7. The van der Waals surface area contributed by atoms with E-state index in [0.717, 1.165) is 204 Å². The third-order valence-corrected chi connectivity index (χ3v) is 23.4. The molecule has 0 spiro atoms. The Morgan fingerprint density at radius 3 is 1.34 bits per heavy atom. The van der Waals surface area contributed by atoms with E-state index in [1.165, 1.54) is 0 Å². The van der Waals surface area contributed by atoms with E-state index in [4.69, 9.17) is 28.9 Å². The lowest BCUT2D eigenvalue weighted by Crippen LogP contribution is -2.41. The standard InChI is InChI=1S/C27H29N5OS.C25H27N3O2S.C17H21BrN4OS.C13H17BO3.C2H2O2/c1-3-31(4-2)16-6-5-7-24(33)21-12-13-23-25(17-21)34-27-30-22(18-32(23)27)19-8-10-20(11-9-19)26-28-14-15-29-26;1-3-27(4-2)14-6-5-7-23(30)20-12-13-22-24(15-20)31-25-26-21(16-28(22)25)19-10-8-18(17-29)9-11-19;1-3-21(4-2)9-5-8-19-16(23)12-6-7-13-14(10-12)24-17-20-15(18)11-22(13)17;1-12(2)13(3,4)17-14(16-12)11-7-5-10(9-15)6-8-11;3-1-2-4/h8-15,17-18H,3-7,16H2,1-2H3,(H,28,29);8-13,15-17H,3-7,14H2,1-2H3;6-7,10-11H,3-5,8-9H2,1-2H3,(H,19,23);5-9H,1-4H3;1-2H. The quantitative estimate of drug-likeness (QED) is 0.0140. The van der Waals surface area contributed by atoms with Crippen LogP contribution in [0.15, 0.2) is 163 Å². The van der Waals surface area contributed by atoms with E-state index in [-0.39, 0.29) is 48.4 Å². The highest BCUT2D eigenvalue weighted by Gasteiger charge is 2.51. The predicted molar refractivity (Wildman–Crippen MR) is 450 cm³/mol. The van der Waals surface area contributed by atoms with Gasteiger partial charge in [0, 0.05) is 94.9 Å². The minimum absolute atomic E-state index is 0.0105. The summed E-state index contributed by atoms with van der Waals surface area (Å²) in [7, 11) is -0.360. The Kier molecular flexibility index (Phi) is 29.9. The monoisotopic (exact) mass is 1600 g/mol. The van der Waals surface area contributed by atoms with Crippen molar-refractivity contribution < 1.29 is 42.9 Å². The molecule has 14 rings (SSSR count). The zero-order valence-electron chi connectivity index (χ0n) is 64.2. The number of amides is 1. The number of hydrogen-bond donors (Lipinski definition) is 2. The van der Waals surface area contributed by atoms with Gasteiger partial charge < -0.3 is 34.3 Å². The molecular formula is C84H96BBrN12O9S3. The van der Waals surface area contributed by atoms with Crippen molar-refractivity contribution in [3.63, 3.8) is 0 Å². The summed E-state index contributed by atoms with van der Waals surface area (Å²) < 4.78 is 22.1. The number of halogens is 1. The second-order valence-corrected chi connectivity index (χ2v) is 31.3. The molecule has 8 heterocycles. The molecule has 21 nitrogen and oxygen atoms in total. The number of nitrogens with zero attached hydrogens (tertiary/aromatic N) is 10. The van der Waals surface area contributed by atoms with Crippen molar-refractivity contribution in [3.05, 3.63) is 191 Å². The molecule has 6 aromatic carbocycles. The van der Waals surface area contributed by atoms with E-state index < -0.39 is 0 Å². The number of imidazole rings is 4. The molecule has 1 fully saturated rings. The number of nitrogens with one attached hydrogen (secondary N) is 2. The van der Waals surface area contributed by atoms with Crippen LogP contribution in [0, 0.1) is 0 Å².